The molecule has 0 bridgehead atoms. The number of nitrogens with zero attached hydrogens (tertiary/aromatic N) is 2. The van der Waals surface area contributed by atoms with Crippen LogP contribution in [0.1, 0.15) is 12.7 Å². The molecule has 0 fully saturated rings. The molecule has 1 aromatic rings. The zero-order valence-corrected chi connectivity index (χ0v) is 4.63. The maximum absolute atomic E-state index is 3.85. The van der Waals surface area contributed by atoms with Gasteiger partial charge in [-0.15, -0.1) is 0 Å². The monoisotopic (exact) mass is 109 g/mol. The summed E-state index contributed by atoms with van der Waals surface area (Å²) >= 11 is 0. The predicted octanol–water partition coefficient (Wildman–Crippen LogP) is 0.838. The third kappa shape index (κ3) is 0.932. The van der Waals surface area contributed by atoms with Crippen molar-refractivity contribution in [3.8, 4) is 0 Å². The second kappa shape index (κ2) is 2.26. The molecule has 3 heteroatoms. The molecule has 0 amide bonds. The summed E-state index contributed by atoms with van der Waals surface area (Å²) in [5.74, 6) is 0.729. The van der Waals surface area contributed by atoms with E-state index in [1.165, 1.54) is 0 Å². The molecule has 0 saturated heterocycles. The molecular formula is C5H7N3. The van der Waals surface area contributed by atoms with Gasteiger partial charge < -0.3 is 0 Å². The lowest BCUT2D eigenvalue weighted by Crippen LogP contribution is -1.71. The van der Waals surface area contributed by atoms with Crippen molar-refractivity contribution < 1.29 is 0 Å². The van der Waals surface area contributed by atoms with Gasteiger partial charge >= 0.3 is 0 Å². The molecule has 0 saturated carbocycles. The highest BCUT2D eigenvalue weighted by molar-refractivity contribution is 5.37. The summed E-state index contributed by atoms with van der Waals surface area (Å²) in [4.78, 5) is 3.85. The molecule has 0 aromatic carbocycles. The smallest absolute Gasteiger partial charge is 0.173 e. The minimum atomic E-state index is 0.729. The minimum absolute atomic E-state index is 0.729. The van der Waals surface area contributed by atoms with Crippen molar-refractivity contribution in [2.24, 2.45) is 0 Å². The van der Waals surface area contributed by atoms with E-state index in [1.807, 2.05) is 19.1 Å². The lowest BCUT2D eigenvalue weighted by Gasteiger charge is -1.72. The largest absolute Gasteiger partial charge is 0.266 e. The Morgan fingerprint density at radius 1 is 1.75 bits per heavy atom. The van der Waals surface area contributed by atoms with E-state index < -0.39 is 0 Å². The topological polar surface area (TPSA) is 41.6 Å². The van der Waals surface area contributed by atoms with Crippen molar-refractivity contribution >= 4 is 6.08 Å². The van der Waals surface area contributed by atoms with Gasteiger partial charge in [-0.3, -0.25) is 5.10 Å². The molecule has 0 radical (unpaired) electrons. The molecule has 1 heterocycles. The van der Waals surface area contributed by atoms with Gasteiger partial charge in [-0.1, -0.05) is 6.08 Å². The third-order valence-electron chi connectivity index (χ3n) is 0.749. The van der Waals surface area contributed by atoms with Crippen LogP contribution in [0, 0.1) is 0 Å². The highest BCUT2D eigenvalue weighted by Crippen LogP contribution is 1.86. The minimum Gasteiger partial charge on any atom is -0.266 e. The van der Waals surface area contributed by atoms with Crippen LogP contribution in [0.5, 0.6) is 0 Å². The van der Waals surface area contributed by atoms with Crippen LogP contribution in [0.25, 0.3) is 6.08 Å². The summed E-state index contributed by atoms with van der Waals surface area (Å²) in [5, 5.41) is 6.39. The first-order chi connectivity index (χ1) is 3.93. The molecule has 3 nitrogen and oxygen atoms in total. The predicted molar refractivity (Wildman–Crippen MR) is 31.1 cm³/mol. The Bertz CT molecular complexity index is 164. The van der Waals surface area contributed by atoms with Gasteiger partial charge in [0.05, 0.1) is 0 Å². The fourth-order valence-corrected chi connectivity index (χ4v) is 0.448. The van der Waals surface area contributed by atoms with E-state index in [0.717, 1.165) is 5.82 Å². The van der Waals surface area contributed by atoms with Gasteiger partial charge in [0.25, 0.3) is 0 Å². The summed E-state index contributed by atoms with van der Waals surface area (Å²) in [6.45, 7) is 1.93. The second-order valence-corrected chi connectivity index (χ2v) is 1.36. The van der Waals surface area contributed by atoms with Crippen LogP contribution in [0.15, 0.2) is 12.4 Å². The van der Waals surface area contributed by atoms with Gasteiger partial charge in [0.1, 0.15) is 6.33 Å². The van der Waals surface area contributed by atoms with Crippen molar-refractivity contribution in [3.05, 3.63) is 18.2 Å². The van der Waals surface area contributed by atoms with Crippen molar-refractivity contribution in [2.45, 2.75) is 6.92 Å². The second-order valence-electron chi connectivity index (χ2n) is 1.36. The van der Waals surface area contributed by atoms with Crippen molar-refractivity contribution in [2.75, 3.05) is 0 Å². The van der Waals surface area contributed by atoms with Crippen molar-refractivity contribution in [1.29, 1.82) is 0 Å². The number of allylic oxidation sites excluding steroid dienone is 1. The van der Waals surface area contributed by atoms with Gasteiger partial charge in [-0.05, 0) is 13.0 Å². The number of nitrogens with one attached hydrogen (secondary N) is 1. The zero-order chi connectivity index (χ0) is 5.82. The lowest BCUT2D eigenvalue weighted by molar-refractivity contribution is 1.08. The van der Waals surface area contributed by atoms with Crippen molar-refractivity contribution in [3.63, 3.8) is 0 Å². The summed E-state index contributed by atoms with van der Waals surface area (Å²) in [5.41, 5.74) is 0. The van der Waals surface area contributed by atoms with Crippen LogP contribution in [0.4, 0.5) is 0 Å². The standard InChI is InChI=1S/C5H7N3/c1-2-3-5-6-4-7-8-5/h2-4H,1H3,(H,6,7,8). The van der Waals surface area contributed by atoms with Crippen molar-refractivity contribution in [1.82, 2.24) is 15.2 Å². The Morgan fingerprint density at radius 3 is 3.12 bits per heavy atom. The van der Waals surface area contributed by atoms with Gasteiger partial charge in [0, 0.05) is 0 Å². The summed E-state index contributed by atoms with van der Waals surface area (Å²) in [6, 6.07) is 0. The molecule has 8 heavy (non-hydrogen) atoms. The van der Waals surface area contributed by atoms with Crippen LogP contribution < -0.4 is 0 Å². The summed E-state index contributed by atoms with van der Waals surface area (Å²) in [6.07, 6.45) is 5.27. The first-order valence-electron chi connectivity index (χ1n) is 2.42. The highest BCUT2D eigenvalue weighted by atomic mass is 15.2. The molecule has 1 aromatic heterocycles. The van der Waals surface area contributed by atoms with Crippen LogP contribution in [0.3, 0.4) is 0 Å². The Morgan fingerprint density at radius 2 is 2.62 bits per heavy atom. The molecule has 0 atom stereocenters. The zero-order valence-electron chi connectivity index (χ0n) is 4.63. The van der Waals surface area contributed by atoms with E-state index in [1.54, 1.807) is 6.33 Å². The number of H-pyrrole nitrogens is 1. The average Bonchev–Trinajstić information content (AvgIpc) is 2.19. The molecule has 42 valence electrons. The molecule has 0 aliphatic heterocycles. The Hall–Kier alpha value is -1.12. The molecule has 1 N–H and O–H groups in total. The fourth-order valence-electron chi connectivity index (χ4n) is 0.448. The van der Waals surface area contributed by atoms with E-state index >= 15 is 0 Å². The number of hydrogen-bond acceptors (Lipinski definition) is 2. The quantitative estimate of drug-likeness (QED) is 0.580. The van der Waals surface area contributed by atoms with Gasteiger partial charge in [0.2, 0.25) is 0 Å². The van der Waals surface area contributed by atoms with Gasteiger partial charge in [-0.25, -0.2) is 4.98 Å². The van der Waals surface area contributed by atoms with Crippen LogP contribution in [0.2, 0.25) is 0 Å². The maximum Gasteiger partial charge on any atom is 0.173 e. The van der Waals surface area contributed by atoms with Gasteiger partial charge in [-0.2, -0.15) is 5.10 Å². The summed E-state index contributed by atoms with van der Waals surface area (Å²) in [7, 11) is 0. The van der Waals surface area contributed by atoms with Crippen LogP contribution in [-0.4, -0.2) is 15.2 Å². The maximum atomic E-state index is 3.85. The van der Waals surface area contributed by atoms with Crippen LogP contribution >= 0.6 is 0 Å². The lowest BCUT2D eigenvalue weighted by atomic mass is 10.5. The Labute approximate surface area is 47.5 Å². The first kappa shape index (κ1) is 5.03. The molecule has 0 aliphatic rings. The SMILES string of the molecule is CC=Cc1nc[nH]n1. The van der Waals surface area contributed by atoms with E-state index in [0.29, 0.717) is 0 Å². The number of aromatic nitrogens is 3. The highest BCUT2D eigenvalue weighted by Gasteiger charge is 1.82. The number of rotatable bonds is 1. The molecule has 1 rings (SSSR count). The summed E-state index contributed by atoms with van der Waals surface area (Å²) < 4.78 is 0. The Kier molecular flexibility index (Phi) is 1.42. The molecular weight excluding hydrogens is 102 g/mol. The third-order valence-corrected chi connectivity index (χ3v) is 0.749. The van der Waals surface area contributed by atoms with E-state index in [2.05, 4.69) is 15.2 Å². The molecule has 0 aliphatic carbocycles. The Balaban J connectivity index is 2.77. The average molecular weight is 109 g/mol. The number of hydrogen-bond donors (Lipinski definition) is 1. The molecule has 0 spiro atoms. The normalized spacial score (nSPS) is 10.6. The van der Waals surface area contributed by atoms with Gasteiger partial charge in [0.15, 0.2) is 5.82 Å². The molecule has 0 unspecified atom stereocenters. The van der Waals surface area contributed by atoms with E-state index in [9.17, 15) is 0 Å². The van der Waals surface area contributed by atoms with Crippen LogP contribution in [-0.2, 0) is 0 Å². The first-order valence-corrected chi connectivity index (χ1v) is 2.42. The van der Waals surface area contributed by atoms with E-state index in [-0.39, 0.29) is 0 Å². The number of aromatic amines is 1. The van der Waals surface area contributed by atoms with E-state index in [4.69, 9.17) is 0 Å². The fraction of sp³-hybridized carbons (Fsp3) is 0.200.